The summed E-state index contributed by atoms with van der Waals surface area (Å²) in [4.78, 5) is 25.2. The lowest BCUT2D eigenvalue weighted by molar-refractivity contribution is -0.113. The van der Waals surface area contributed by atoms with Gasteiger partial charge in [0.05, 0.1) is 11.3 Å². The van der Waals surface area contributed by atoms with Gasteiger partial charge in [0.15, 0.2) is 0 Å². The van der Waals surface area contributed by atoms with Crippen molar-refractivity contribution >= 4 is 45.9 Å². The second kappa shape index (κ2) is 7.98. The van der Waals surface area contributed by atoms with Crippen LogP contribution in [0.1, 0.15) is 12.5 Å². The number of carbonyl (C=O) groups is 1. The summed E-state index contributed by atoms with van der Waals surface area (Å²) < 4.78 is 1.56. The highest BCUT2D eigenvalue weighted by Crippen LogP contribution is 2.28. The van der Waals surface area contributed by atoms with Crippen LogP contribution in [-0.2, 0) is 18.3 Å². The summed E-state index contributed by atoms with van der Waals surface area (Å²) in [5, 5.41) is 4.36. The topological polar surface area (TPSA) is 51.1 Å². The molecule has 0 bridgehead atoms. The number of hydrogen-bond acceptors (Lipinski definition) is 3. The molecule has 0 aliphatic carbocycles. The van der Waals surface area contributed by atoms with E-state index >= 15 is 0 Å². The molecule has 134 valence electrons. The molecule has 3 aromatic rings. The predicted molar refractivity (Wildman–Crippen MR) is 109 cm³/mol. The third-order valence-corrected chi connectivity index (χ3v) is 5.47. The average Bonchev–Trinajstić information content (AvgIpc) is 2.64. The van der Waals surface area contributed by atoms with Gasteiger partial charge < -0.3 is 9.88 Å². The Kier molecular flexibility index (Phi) is 5.69. The Morgan fingerprint density at radius 3 is 2.58 bits per heavy atom. The number of nitrogens with zero attached hydrogens (tertiary/aromatic N) is 1. The van der Waals surface area contributed by atoms with Crippen LogP contribution in [0.15, 0.2) is 58.2 Å². The molecule has 0 aliphatic heterocycles. The molecule has 0 radical (unpaired) electrons. The van der Waals surface area contributed by atoms with Gasteiger partial charge >= 0.3 is 0 Å². The third kappa shape index (κ3) is 4.11. The summed E-state index contributed by atoms with van der Waals surface area (Å²) in [6, 6.07) is 14.8. The quantitative estimate of drug-likeness (QED) is 0.657. The number of pyridine rings is 1. The lowest BCUT2D eigenvalue weighted by Gasteiger charge is -2.10. The number of hydrogen-bond donors (Lipinski definition) is 1. The smallest absolute Gasteiger partial charge is 0.251 e. The SMILES string of the molecule is CCc1ccc(NC(=O)CSc2cc(=O)n(C)c3cc(Cl)ccc23)cc1. The Labute approximate surface area is 161 Å². The standard InChI is InChI=1S/C20H19ClN2O2S/c1-3-13-4-7-15(8-5-13)22-19(24)12-26-18-11-20(25)23(2)17-10-14(21)6-9-16(17)18/h4-11H,3,12H2,1-2H3,(H,22,24). The zero-order valence-corrected chi connectivity index (χ0v) is 16.2. The summed E-state index contributed by atoms with van der Waals surface area (Å²) in [5.41, 5.74) is 2.62. The van der Waals surface area contributed by atoms with E-state index in [1.807, 2.05) is 30.3 Å². The van der Waals surface area contributed by atoms with E-state index in [0.29, 0.717) is 5.02 Å². The fourth-order valence-electron chi connectivity index (χ4n) is 2.68. The molecule has 0 fully saturated rings. The third-order valence-electron chi connectivity index (χ3n) is 4.18. The van der Waals surface area contributed by atoms with E-state index in [-0.39, 0.29) is 17.2 Å². The molecule has 0 saturated carbocycles. The minimum Gasteiger partial charge on any atom is -0.325 e. The van der Waals surface area contributed by atoms with Crippen molar-refractivity contribution < 1.29 is 4.79 Å². The molecule has 0 spiro atoms. The molecule has 1 heterocycles. The highest BCUT2D eigenvalue weighted by atomic mass is 35.5. The average molecular weight is 387 g/mol. The van der Waals surface area contributed by atoms with Gasteiger partial charge in [-0.05, 0) is 36.2 Å². The first kappa shape index (κ1) is 18.5. The monoisotopic (exact) mass is 386 g/mol. The van der Waals surface area contributed by atoms with Crippen molar-refractivity contribution in [2.75, 3.05) is 11.1 Å². The first-order valence-electron chi connectivity index (χ1n) is 8.29. The van der Waals surface area contributed by atoms with Gasteiger partial charge in [-0.1, -0.05) is 36.7 Å². The summed E-state index contributed by atoms with van der Waals surface area (Å²) >= 11 is 7.39. The zero-order valence-electron chi connectivity index (χ0n) is 14.6. The maximum atomic E-state index is 12.2. The molecule has 0 unspecified atom stereocenters. The largest absolute Gasteiger partial charge is 0.325 e. The molecule has 1 amide bonds. The van der Waals surface area contributed by atoms with Crippen molar-refractivity contribution in [2.45, 2.75) is 18.2 Å². The molecule has 0 saturated heterocycles. The van der Waals surface area contributed by atoms with E-state index in [1.165, 1.54) is 17.3 Å². The minimum atomic E-state index is -0.127. The van der Waals surface area contributed by atoms with Crippen molar-refractivity contribution in [1.82, 2.24) is 4.57 Å². The highest BCUT2D eigenvalue weighted by molar-refractivity contribution is 8.00. The maximum absolute atomic E-state index is 12.2. The number of carbonyl (C=O) groups excluding carboxylic acids is 1. The van der Waals surface area contributed by atoms with Crippen molar-refractivity contribution in [1.29, 1.82) is 0 Å². The Morgan fingerprint density at radius 2 is 1.88 bits per heavy atom. The van der Waals surface area contributed by atoms with Crippen LogP contribution < -0.4 is 10.9 Å². The molecular weight excluding hydrogens is 368 g/mol. The Balaban J connectivity index is 1.75. The van der Waals surface area contributed by atoms with Crippen LogP contribution in [0, 0.1) is 0 Å². The van der Waals surface area contributed by atoms with Crippen LogP contribution in [0.3, 0.4) is 0 Å². The van der Waals surface area contributed by atoms with Crippen LogP contribution in [0.25, 0.3) is 10.9 Å². The van der Waals surface area contributed by atoms with Gasteiger partial charge in [0.1, 0.15) is 0 Å². The second-order valence-corrected chi connectivity index (χ2v) is 7.41. The van der Waals surface area contributed by atoms with Crippen molar-refractivity contribution in [3.63, 3.8) is 0 Å². The van der Waals surface area contributed by atoms with Crippen LogP contribution >= 0.6 is 23.4 Å². The number of nitrogens with one attached hydrogen (secondary N) is 1. The van der Waals surface area contributed by atoms with E-state index in [4.69, 9.17) is 11.6 Å². The number of halogens is 1. The summed E-state index contributed by atoms with van der Waals surface area (Å²) in [5.74, 6) is 0.113. The fraction of sp³-hybridized carbons (Fsp3) is 0.200. The second-order valence-electron chi connectivity index (χ2n) is 5.95. The van der Waals surface area contributed by atoms with Gasteiger partial charge in [-0.3, -0.25) is 9.59 Å². The molecule has 1 aromatic heterocycles. The van der Waals surface area contributed by atoms with Gasteiger partial charge in [-0.15, -0.1) is 11.8 Å². The number of benzene rings is 2. The van der Waals surface area contributed by atoms with Gasteiger partial charge in [0.25, 0.3) is 5.56 Å². The first-order chi connectivity index (χ1) is 12.5. The first-order valence-corrected chi connectivity index (χ1v) is 9.65. The molecule has 4 nitrogen and oxygen atoms in total. The molecule has 0 aliphatic rings. The number of thioether (sulfide) groups is 1. The van der Waals surface area contributed by atoms with Gasteiger partial charge in [0, 0.05) is 34.1 Å². The molecule has 0 atom stereocenters. The zero-order chi connectivity index (χ0) is 18.7. The van der Waals surface area contributed by atoms with Gasteiger partial charge in [-0.2, -0.15) is 0 Å². The van der Waals surface area contributed by atoms with E-state index < -0.39 is 0 Å². The van der Waals surface area contributed by atoms with Crippen LogP contribution in [0.4, 0.5) is 5.69 Å². The van der Waals surface area contributed by atoms with Gasteiger partial charge in [0.2, 0.25) is 5.91 Å². The van der Waals surface area contributed by atoms with Crippen molar-refractivity contribution in [3.05, 3.63) is 69.5 Å². The number of aromatic nitrogens is 1. The molecule has 6 heteroatoms. The summed E-state index contributed by atoms with van der Waals surface area (Å²) in [6.45, 7) is 2.09. The Morgan fingerprint density at radius 1 is 1.15 bits per heavy atom. The van der Waals surface area contributed by atoms with E-state index in [2.05, 4.69) is 12.2 Å². The number of amides is 1. The Hall–Kier alpha value is -2.24. The van der Waals surface area contributed by atoms with E-state index in [9.17, 15) is 9.59 Å². The molecule has 26 heavy (non-hydrogen) atoms. The van der Waals surface area contributed by atoms with Crippen LogP contribution in [0.2, 0.25) is 5.02 Å². The fourth-order valence-corrected chi connectivity index (χ4v) is 3.72. The Bertz CT molecular complexity index is 1010. The van der Waals surface area contributed by atoms with E-state index in [0.717, 1.165) is 27.9 Å². The van der Waals surface area contributed by atoms with Crippen LogP contribution in [0.5, 0.6) is 0 Å². The van der Waals surface area contributed by atoms with Crippen molar-refractivity contribution in [2.24, 2.45) is 7.05 Å². The minimum absolute atomic E-state index is 0.109. The number of anilines is 1. The number of aryl methyl sites for hydroxylation is 2. The predicted octanol–water partition coefficient (Wildman–Crippen LogP) is 4.49. The maximum Gasteiger partial charge on any atom is 0.251 e. The highest BCUT2D eigenvalue weighted by Gasteiger charge is 2.10. The van der Waals surface area contributed by atoms with Crippen LogP contribution in [-0.4, -0.2) is 16.2 Å². The molecule has 3 rings (SSSR count). The summed E-state index contributed by atoms with van der Waals surface area (Å²) in [7, 11) is 1.71. The molecule has 1 N–H and O–H groups in total. The number of rotatable bonds is 5. The molecular formula is C20H19ClN2O2S. The summed E-state index contributed by atoms with van der Waals surface area (Å²) in [6.07, 6.45) is 0.962. The van der Waals surface area contributed by atoms with Gasteiger partial charge in [-0.25, -0.2) is 0 Å². The van der Waals surface area contributed by atoms with Crippen molar-refractivity contribution in [3.8, 4) is 0 Å². The lowest BCUT2D eigenvalue weighted by Crippen LogP contribution is -2.17. The van der Waals surface area contributed by atoms with E-state index in [1.54, 1.807) is 29.8 Å². The normalized spacial score (nSPS) is 10.9. The lowest BCUT2D eigenvalue weighted by atomic mass is 10.1. The number of fused-ring (bicyclic) bond motifs is 1. The molecule has 2 aromatic carbocycles.